The summed E-state index contributed by atoms with van der Waals surface area (Å²) in [6.45, 7) is 3.47. The zero-order valence-electron chi connectivity index (χ0n) is 15.8. The molecular formula is C20H20BrN3O4S. The molecule has 7 nitrogen and oxygen atoms in total. The Hall–Kier alpha value is -2.23. The summed E-state index contributed by atoms with van der Waals surface area (Å²) >= 11 is 4.71. The summed E-state index contributed by atoms with van der Waals surface area (Å²) < 4.78 is 6.07. The molecule has 1 aromatic carbocycles. The van der Waals surface area contributed by atoms with Gasteiger partial charge < -0.3 is 19.9 Å². The second-order valence-electron chi connectivity index (χ2n) is 7.05. The van der Waals surface area contributed by atoms with E-state index in [-0.39, 0.29) is 36.8 Å². The van der Waals surface area contributed by atoms with Gasteiger partial charge in [0.25, 0.3) is 11.8 Å². The van der Waals surface area contributed by atoms with E-state index < -0.39 is 0 Å². The highest BCUT2D eigenvalue weighted by atomic mass is 79.9. The topological polar surface area (TPSA) is 79.0 Å². The second-order valence-corrected chi connectivity index (χ2v) is 9.51. The molecular weight excluding hydrogens is 458 g/mol. The van der Waals surface area contributed by atoms with E-state index in [9.17, 15) is 14.4 Å². The molecule has 2 saturated heterocycles. The van der Waals surface area contributed by atoms with Gasteiger partial charge in [0.15, 0.2) is 0 Å². The average molecular weight is 478 g/mol. The van der Waals surface area contributed by atoms with Crippen LogP contribution >= 0.6 is 27.3 Å². The molecule has 3 heterocycles. The van der Waals surface area contributed by atoms with E-state index in [0.717, 1.165) is 20.7 Å². The summed E-state index contributed by atoms with van der Waals surface area (Å²) in [5.74, 6) is -0.261. The number of anilines is 2. The van der Waals surface area contributed by atoms with Crippen LogP contribution in [0.15, 0.2) is 34.1 Å². The van der Waals surface area contributed by atoms with Crippen LogP contribution in [0.25, 0.3) is 0 Å². The van der Waals surface area contributed by atoms with Crippen LogP contribution in [0.4, 0.5) is 11.4 Å². The van der Waals surface area contributed by atoms with Gasteiger partial charge in [-0.1, -0.05) is 0 Å². The van der Waals surface area contributed by atoms with Crippen LogP contribution < -0.4 is 15.1 Å². The van der Waals surface area contributed by atoms with Gasteiger partial charge in [-0.3, -0.25) is 14.4 Å². The standard InChI is InChI=1S/C20H20BrN3O4S/c1-12-8-14(23-6-7-28-11-19(23)26)2-3-15(12)24-10-13(9-18(24)25)22-20(27)16-4-5-17(21)29-16/h2-5,8,13H,6-7,9-11H2,1H3,(H,22,27)/t13-/m1/s1. The van der Waals surface area contributed by atoms with E-state index in [2.05, 4.69) is 21.2 Å². The maximum absolute atomic E-state index is 12.6. The third-order valence-electron chi connectivity index (χ3n) is 5.03. The van der Waals surface area contributed by atoms with E-state index in [0.29, 0.717) is 24.6 Å². The number of thiophene rings is 1. The number of halogens is 1. The lowest BCUT2D eigenvalue weighted by atomic mass is 10.1. The van der Waals surface area contributed by atoms with Crippen molar-refractivity contribution in [3.8, 4) is 0 Å². The van der Waals surface area contributed by atoms with E-state index in [1.54, 1.807) is 15.9 Å². The number of aryl methyl sites for hydroxylation is 1. The van der Waals surface area contributed by atoms with E-state index >= 15 is 0 Å². The van der Waals surface area contributed by atoms with Crippen molar-refractivity contribution < 1.29 is 19.1 Å². The fourth-order valence-corrected chi connectivity index (χ4v) is 4.92. The van der Waals surface area contributed by atoms with Crippen LogP contribution in [-0.2, 0) is 14.3 Å². The fourth-order valence-electron chi connectivity index (χ4n) is 3.63. The minimum absolute atomic E-state index is 0.0269. The van der Waals surface area contributed by atoms with E-state index in [1.165, 1.54) is 11.3 Å². The minimum Gasteiger partial charge on any atom is -0.370 e. The van der Waals surface area contributed by atoms with Crippen molar-refractivity contribution in [3.63, 3.8) is 0 Å². The van der Waals surface area contributed by atoms with Crippen molar-refractivity contribution in [2.24, 2.45) is 0 Å². The van der Waals surface area contributed by atoms with Crippen LogP contribution in [0.3, 0.4) is 0 Å². The summed E-state index contributed by atoms with van der Waals surface area (Å²) in [6.07, 6.45) is 0.265. The molecule has 2 aliphatic rings. The van der Waals surface area contributed by atoms with Crippen molar-refractivity contribution in [1.29, 1.82) is 0 Å². The SMILES string of the molecule is Cc1cc(N2CCOCC2=O)ccc1N1C[C@H](NC(=O)c2ccc(Br)s2)CC1=O. The first-order valence-corrected chi connectivity index (χ1v) is 10.9. The lowest BCUT2D eigenvalue weighted by molar-refractivity contribution is -0.125. The Bertz CT molecular complexity index is 976. The highest BCUT2D eigenvalue weighted by Gasteiger charge is 2.33. The number of nitrogens with zero attached hydrogens (tertiary/aromatic N) is 2. The molecule has 1 aromatic heterocycles. The number of nitrogens with one attached hydrogen (secondary N) is 1. The quantitative estimate of drug-likeness (QED) is 0.733. The molecule has 0 spiro atoms. The molecule has 3 amide bonds. The van der Waals surface area contributed by atoms with Crippen LogP contribution in [0, 0.1) is 6.92 Å². The number of hydrogen-bond acceptors (Lipinski definition) is 5. The fraction of sp³-hybridized carbons (Fsp3) is 0.350. The monoisotopic (exact) mass is 477 g/mol. The van der Waals surface area contributed by atoms with Crippen molar-refractivity contribution in [2.45, 2.75) is 19.4 Å². The van der Waals surface area contributed by atoms with Crippen LogP contribution in [0.2, 0.25) is 0 Å². The summed E-state index contributed by atoms with van der Waals surface area (Å²) in [7, 11) is 0. The molecule has 1 N–H and O–H groups in total. The summed E-state index contributed by atoms with van der Waals surface area (Å²) in [4.78, 5) is 41.0. The maximum Gasteiger partial charge on any atom is 0.261 e. The molecule has 1 atom stereocenters. The number of ether oxygens (including phenoxy) is 1. The van der Waals surface area contributed by atoms with E-state index in [4.69, 9.17) is 4.74 Å². The third kappa shape index (κ3) is 4.22. The molecule has 2 aliphatic heterocycles. The zero-order valence-corrected chi connectivity index (χ0v) is 18.2. The molecule has 152 valence electrons. The van der Waals surface area contributed by atoms with Crippen LogP contribution in [0.1, 0.15) is 21.7 Å². The normalized spacial score (nSPS) is 19.7. The molecule has 2 aromatic rings. The molecule has 0 bridgehead atoms. The highest BCUT2D eigenvalue weighted by Crippen LogP contribution is 2.30. The van der Waals surface area contributed by atoms with Gasteiger partial charge in [-0.15, -0.1) is 11.3 Å². The number of rotatable bonds is 4. The second kappa shape index (κ2) is 8.25. The van der Waals surface area contributed by atoms with Gasteiger partial charge in [0.1, 0.15) is 6.61 Å². The third-order valence-corrected chi connectivity index (χ3v) is 6.65. The van der Waals surface area contributed by atoms with Crippen LogP contribution in [0.5, 0.6) is 0 Å². The predicted molar refractivity (Wildman–Crippen MR) is 115 cm³/mol. The Labute approximate surface area is 180 Å². The Balaban J connectivity index is 1.46. The molecule has 2 fully saturated rings. The number of amides is 3. The number of hydrogen-bond donors (Lipinski definition) is 1. The molecule has 0 saturated carbocycles. The minimum atomic E-state index is -0.240. The maximum atomic E-state index is 12.6. The molecule has 29 heavy (non-hydrogen) atoms. The van der Waals surface area contributed by atoms with Gasteiger partial charge in [0.2, 0.25) is 5.91 Å². The summed E-state index contributed by atoms with van der Waals surface area (Å²) in [6, 6.07) is 8.99. The molecule has 0 unspecified atom stereocenters. The summed E-state index contributed by atoms with van der Waals surface area (Å²) in [5, 5.41) is 2.95. The van der Waals surface area contributed by atoms with E-state index in [1.807, 2.05) is 31.2 Å². The Morgan fingerprint density at radius 3 is 2.72 bits per heavy atom. The summed E-state index contributed by atoms with van der Waals surface area (Å²) in [5.41, 5.74) is 2.51. The molecule has 9 heteroatoms. The van der Waals surface area contributed by atoms with Gasteiger partial charge in [0, 0.05) is 30.9 Å². The lowest BCUT2D eigenvalue weighted by Gasteiger charge is -2.28. The number of carbonyl (C=O) groups excluding carboxylic acids is 3. The first-order valence-electron chi connectivity index (χ1n) is 9.27. The number of morpholine rings is 1. The van der Waals surface area contributed by atoms with Gasteiger partial charge >= 0.3 is 0 Å². The molecule has 0 aliphatic carbocycles. The molecule has 0 radical (unpaired) electrons. The van der Waals surface area contributed by atoms with Crippen molar-refractivity contribution in [1.82, 2.24) is 5.32 Å². The van der Waals surface area contributed by atoms with Crippen molar-refractivity contribution >= 4 is 56.4 Å². The smallest absolute Gasteiger partial charge is 0.261 e. The lowest BCUT2D eigenvalue weighted by Crippen LogP contribution is -2.41. The Morgan fingerprint density at radius 2 is 2.03 bits per heavy atom. The molecule has 4 rings (SSSR count). The van der Waals surface area contributed by atoms with Gasteiger partial charge in [-0.2, -0.15) is 0 Å². The Morgan fingerprint density at radius 1 is 1.21 bits per heavy atom. The number of carbonyl (C=O) groups is 3. The van der Waals surface area contributed by atoms with Crippen molar-refractivity contribution in [2.75, 3.05) is 36.1 Å². The van der Waals surface area contributed by atoms with Crippen LogP contribution in [-0.4, -0.2) is 50.1 Å². The van der Waals surface area contributed by atoms with Gasteiger partial charge in [-0.25, -0.2) is 0 Å². The average Bonchev–Trinajstić information content (AvgIpc) is 3.28. The predicted octanol–water partition coefficient (Wildman–Crippen LogP) is 2.72. The highest BCUT2D eigenvalue weighted by molar-refractivity contribution is 9.11. The van der Waals surface area contributed by atoms with Gasteiger partial charge in [-0.05, 0) is 58.7 Å². The first kappa shape index (κ1) is 20.1. The Kier molecular flexibility index (Phi) is 5.71. The van der Waals surface area contributed by atoms with Crippen molar-refractivity contribution in [3.05, 3.63) is 44.6 Å². The number of benzene rings is 1. The largest absolute Gasteiger partial charge is 0.370 e. The zero-order chi connectivity index (χ0) is 20.5. The first-order chi connectivity index (χ1) is 13.9. The van der Waals surface area contributed by atoms with Gasteiger partial charge in [0.05, 0.1) is 21.3 Å².